The number of fused-ring (bicyclic) bond motifs is 4. The largest absolute Gasteiger partial charge is 0.345 e. The van der Waals surface area contributed by atoms with Gasteiger partial charge in [-0.3, -0.25) is 0 Å². The number of hydrogen-bond acceptors (Lipinski definition) is 1. The van der Waals surface area contributed by atoms with E-state index in [0.29, 0.717) is 0 Å². The highest BCUT2D eigenvalue weighted by Crippen LogP contribution is 2.27. The zero-order valence-electron chi connectivity index (χ0n) is 10.3. The monoisotopic (exact) mass is 264 g/mol. The minimum atomic E-state index is 0.793. The summed E-state index contributed by atoms with van der Waals surface area (Å²) < 4.78 is 2.29. The molecule has 3 heteroatoms. The average molecular weight is 264 g/mol. The molecule has 1 aliphatic heterocycles. The number of anilines is 1. The predicted molar refractivity (Wildman–Crippen MR) is 82.8 cm³/mol. The van der Waals surface area contributed by atoms with E-state index < -0.39 is 0 Å². The third-order valence-electron chi connectivity index (χ3n) is 3.64. The molecule has 2 heterocycles. The number of thiocarbonyl (C=S) groups is 1. The Morgan fingerprint density at radius 1 is 1.00 bits per heavy atom. The second-order valence-corrected chi connectivity index (χ2v) is 5.19. The van der Waals surface area contributed by atoms with Crippen LogP contribution in [-0.4, -0.2) is 9.56 Å². The van der Waals surface area contributed by atoms with E-state index in [4.69, 9.17) is 12.2 Å². The maximum Gasteiger partial charge on any atom is 0.127 e. The second-order valence-electron chi connectivity index (χ2n) is 4.79. The van der Waals surface area contributed by atoms with Crippen LogP contribution in [0.1, 0.15) is 11.3 Å². The molecule has 92 valence electrons. The van der Waals surface area contributed by atoms with Crippen LogP contribution in [0.4, 0.5) is 5.69 Å². The maximum atomic E-state index is 5.53. The fourth-order valence-corrected chi connectivity index (χ4v) is 2.98. The number of para-hydroxylation sites is 2. The second kappa shape index (κ2) is 3.93. The van der Waals surface area contributed by atoms with Gasteiger partial charge in [0.25, 0.3) is 0 Å². The van der Waals surface area contributed by atoms with E-state index in [1.165, 1.54) is 16.5 Å². The van der Waals surface area contributed by atoms with E-state index >= 15 is 0 Å². The van der Waals surface area contributed by atoms with Crippen molar-refractivity contribution in [3.63, 3.8) is 0 Å². The molecule has 0 saturated carbocycles. The van der Waals surface area contributed by atoms with Gasteiger partial charge in [-0.15, -0.1) is 0 Å². The first-order valence-corrected chi connectivity index (χ1v) is 6.71. The van der Waals surface area contributed by atoms with Crippen LogP contribution in [0.5, 0.6) is 0 Å². The van der Waals surface area contributed by atoms with Gasteiger partial charge in [-0.05, 0) is 23.8 Å². The van der Waals surface area contributed by atoms with E-state index in [0.717, 1.165) is 22.9 Å². The minimum Gasteiger partial charge on any atom is -0.345 e. The van der Waals surface area contributed by atoms with Gasteiger partial charge in [-0.25, -0.2) is 0 Å². The molecule has 1 N–H and O–H groups in total. The quantitative estimate of drug-likeness (QED) is 0.622. The normalized spacial score (nSPS) is 13.6. The molecule has 0 amide bonds. The number of hydrogen-bond donors (Lipinski definition) is 1. The molecule has 0 unspecified atom stereocenters. The molecule has 1 aliphatic rings. The SMILES string of the molecule is S=C1Nc2ccccc2Cn2c1cc1ccccc12. The number of aromatic nitrogens is 1. The topological polar surface area (TPSA) is 17.0 Å². The molecule has 2 aromatic carbocycles. The molecule has 0 atom stereocenters. The summed E-state index contributed by atoms with van der Waals surface area (Å²) >= 11 is 5.53. The Morgan fingerprint density at radius 2 is 1.79 bits per heavy atom. The average Bonchev–Trinajstić information content (AvgIpc) is 2.73. The first kappa shape index (κ1) is 10.8. The van der Waals surface area contributed by atoms with Gasteiger partial charge in [-0.2, -0.15) is 0 Å². The van der Waals surface area contributed by atoms with Crippen LogP contribution >= 0.6 is 12.2 Å². The summed E-state index contributed by atoms with van der Waals surface area (Å²) in [7, 11) is 0. The van der Waals surface area contributed by atoms with Crippen LogP contribution in [0.2, 0.25) is 0 Å². The van der Waals surface area contributed by atoms with E-state index in [2.05, 4.69) is 58.4 Å². The standard InChI is InChI=1S/C16H12N2S/c19-16-15-9-11-5-2-4-8-14(11)18(15)10-12-6-1-3-7-13(12)17-16/h1-9H,10H2,(H,17,19). The molecule has 4 rings (SSSR count). The molecule has 1 aromatic heterocycles. The number of nitrogens with one attached hydrogen (secondary N) is 1. The van der Waals surface area contributed by atoms with Gasteiger partial charge in [0.15, 0.2) is 0 Å². The van der Waals surface area contributed by atoms with Gasteiger partial charge in [-0.1, -0.05) is 48.6 Å². The highest BCUT2D eigenvalue weighted by Gasteiger charge is 2.18. The molecular weight excluding hydrogens is 252 g/mol. The minimum absolute atomic E-state index is 0.793. The maximum absolute atomic E-state index is 5.53. The molecule has 2 nitrogen and oxygen atoms in total. The van der Waals surface area contributed by atoms with Gasteiger partial charge < -0.3 is 9.88 Å². The van der Waals surface area contributed by atoms with Crippen LogP contribution in [0.15, 0.2) is 54.6 Å². The molecule has 0 radical (unpaired) electrons. The summed E-state index contributed by atoms with van der Waals surface area (Å²) in [5.74, 6) is 0. The van der Waals surface area contributed by atoms with Gasteiger partial charge in [0, 0.05) is 16.6 Å². The highest BCUT2D eigenvalue weighted by atomic mass is 32.1. The van der Waals surface area contributed by atoms with Gasteiger partial charge in [0.2, 0.25) is 0 Å². The lowest BCUT2D eigenvalue weighted by atomic mass is 10.1. The lowest BCUT2D eigenvalue weighted by Gasteiger charge is -2.07. The molecule has 0 aliphatic carbocycles. The fraction of sp³-hybridized carbons (Fsp3) is 0.0625. The van der Waals surface area contributed by atoms with Crippen molar-refractivity contribution in [1.29, 1.82) is 0 Å². The van der Waals surface area contributed by atoms with Crippen molar-refractivity contribution in [1.82, 2.24) is 4.57 Å². The Kier molecular flexibility index (Phi) is 2.23. The Bertz CT molecular complexity index is 801. The summed E-state index contributed by atoms with van der Waals surface area (Å²) in [6, 6.07) is 18.9. The van der Waals surface area contributed by atoms with Crippen LogP contribution in [0.25, 0.3) is 10.9 Å². The Morgan fingerprint density at radius 3 is 2.74 bits per heavy atom. The van der Waals surface area contributed by atoms with E-state index in [-0.39, 0.29) is 0 Å². The lowest BCUT2D eigenvalue weighted by Crippen LogP contribution is -2.11. The zero-order chi connectivity index (χ0) is 12.8. The molecule has 3 aromatic rings. The van der Waals surface area contributed by atoms with E-state index in [1.54, 1.807) is 0 Å². The van der Waals surface area contributed by atoms with Crippen molar-refractivity contribution < 1.29 is 0 Å². The van der Waals surface area contributed by atoms with Crippen molar-refractivity contribution in [2.75, 3.05) is 5.32 Å². The van der Waals surface area contributed by atoms with Crippen molar-refractivity contribution in [3.05, 3.63) is 65.9 Å². The van der Waals surface area contributed by atoms with E-state index in [1.807, 2.05) is 6.07 Å². The van der Waals surface area contributed by atoms with Crippen LogP contribution in [-0.2, 0) is 6.54 Å². The van der Waals surface area contributed by atoms with E-state index in [9.17, 15) is 0 Å². The van der Waals surface area contributed by atoms with Crippen LogP contribution in [0, 0.1) is 0 Å². The Hall–Kier alpha value is -2.13. The molecular formula is C16H12N2S. The molecule has 0 spiro atoms. The van der Waals surface area contributed by atoms with Crippen molar-refractivity contribution >= 4 is 33.8 Å². The van der Waals surface area contributed by atoms with Crippen molar-refractivity contribution in [2.24, 2.45) is 0 Å². The molecule has 0 saturated heterocycles. The van der Waals surface area contributed by atoms with Gasteiger partial charge in [0.05, 0.1) is 12.2 Å². The third kappa shape index (κ3) is 1.59. The molecule has 19 heavy (non-hydrogen) atoms. The van der Waals surface area contributed by atoms with Crippen LogP contribution < -0.4 is 5.32 Å². The summed E-state index contributed by atoms with van der Waals surface area (Å²) in [5.41, 5.74) is 4.70. The molecule has 0 bridgehead atoms. The fourth-order valence-electron chi connectivity index (χ4n) is 2.71. The first-order chi connectivity index (χ1) is 9.33. The van der Waals surface area contributed by atoms with Crippen LogP contribution in [0.3, 0.4) is 0 Å². The predicted octanol–water partition coefficient (Wildman–Crippen LogP) is 3.79. The molecule has 0 fully saturated rings. The first-order valence-electron chi connectivity index (χ1n) is 6.30. The third-order valence-corrected chi connectivity index (χ3v) is 3.95. The van der Waals surface area contributed by atoms with Gasteiger partial charge in [0.1, 0.15) is 4.99 Å². The van der Waals surface area contributed by atoms with Crippen molar-refractivity contribution in [3.8, 4) is 0 Å². The Labute approximate surface area is 116 Å². The Balaban J connectivity index is 2.01. The smallest absolute Gasteiger partial charge is 0.127 e. The number of rotatable bonds is 0. The van der Waals surface area contributed by atoms with Crippen molar-refractivity contribution in [2.45, 2.75) is 6.54 Å². The van der Waals surface area contributed by atoms with Gasteiger partial charge >= 0.3 is 0 Å². The summed E-state index contributed by atoms with van der Waals surface area (Å²) in [6.45, 7) is 0.853. The summed E-state index contributed by atoms with van der Waals surface area (Å²) in [6.07, 6.45) is 0. The summed E-state index contributed by atoms with van der Waals surface area (Å²) in [5, 5.41) is 4.59. The highest BCUT2D eigenvalue weighted by molar-refractivity contribution is 7.81. The zero-order valence-corrected chi connectivity index (χ0v) is 11.1. The lowest BCUT2D eigenvalue weighted by molar-refractivity contribution is 0.837. The number of nitrogens with zero attached hydrogens (tertiary/aromatic N) is 1. The number of benzene rings is 2. The summed E-state index contributed by atoms with van der Waals surface area (Å²) in [4.78, 5) is 0.793.